The van der Waals surface area contributed by atoms with Gasteiger partial charge in [-0.15, -0.1) is 0 Å². The van der Waals surface area contributed by atoms with E-state index in [1.165, 1.54) is 42.8 Å². The molecule has 13 amide bonds. The van der Waals surface area contributed by atoms with Crippen molar-refractivity contribution >= 4 is 169 Å². The van der Waals surface area contributed by atoms with E-state index in [4.69, 9.17) is 37.4 Å². The Morgan fingerprint density at radius 3 is 1.05 bits per heavy atom. The number of urea groups is 2. The fourth-order valence-corrected chi connectivity index (χ4v) is 6.27. The van der Waals surface area contributed by atoms with Crippen molar-refractivity contribution in [2.75, 3.05) is 46.9 Å². The van der Waals surface area contributed by atoms with Gasteiger partial charge in [0.1, 0.15) is 12.4 Å². The fourth-order valence-electron chi connectivity index (χ4n) is 4.94. The summed E-state index contributed by atoms with van der Waals surface area (Å²) in [6, 6.07) is 13.8. The van der Waals surface area contributed by atoms with E-state index in [0.717, 1.165) is 11.8 Å². The number of aromatic hydroxyl groups is 1. The van der Waals surface area contributed by atoms with Crippen molar-refractivity contribution in [1.82, 2.24) is 58.7 Å². The number of nitrogen functional groups attached to an aromatic ring is 1. The van der Waals surface area contributed by atoms with E-state index in [9.17, 15) is 77.0 Å². The summed E-state index contributed by atoms with van der Waals surface area (Å²) in [7, 11) is 1.45. The lowest BCUT2D eigenvalue weighted by Crippen LogP contribution is -2.42. The number of thioether (sulfide) groups is 2. The summed E-state index contributed by atoms with van der Waals surface area (Å²) in [6.07, 6.45) is 0.380. The number of likely N-dealkylation sites (N-methyl/N-ethyl adjacent to an activating group) is 1. The highest BCUT2D eigenvalue weighted by molar-refractivity contribution is 9.09. The number of carbonyl (C=O) groups excluding carboxylic acids is 14. The molecule has 0 atom stereocenters. The number of thiol groups is 2. The van der Waals surface area contributed by atoms with Gasteiger partial charge in [0.15, 0.2) is 10.2 Å². The normalized spacial score (nSPS) is 9.51. The first-order chi connectivity index (χ1) is 53.5. The number of aliphatic hydroxyl groups excluding tert-OH is 1. The third-order valence-electron chi connectivity index (χ3n) is 10.3. The zero-order valence-corrected chi connectivity index (χ0v) is 79.6. The number of para-hydroxylation sites is 4. The molecule has 0 heterocycles. The highest BCUT2D eigenvalue weighted by Crippen LogP contribution is 2.22. The predicted molar refractivity (Wildman–Crippen MR) is 480 cm³/mol. The van der Waals surface area contributed by atoms with Gasteiger partial charge in [-0.2, -0.15) is 25.3 Å². The summed E-state index contributed by atoms with van der Waals surface area (Å²) in [5.41, 5.74) is 12.3. The van der Waals surface area contributed by atoms with Gasteiger partial charge in [-0.05, 0) is 126 Å². The maximum Gasteiger partial charge on any atom is 0.338 e. The Hall–Kier alpha value is -8.03. The van der Waals surface area contributed by atoms with Gasteiger partial charge >= 0.3 is 18.0 Å². The van der Waals surface area contributed by atoms with E-state index in [2.05, 4.69) is 89.0 Å². The molecule has 2 rings (SSSR count). The molecule has 0 aliphatic carbocycles. The number of halogens is 1. The van der Waals surface area contributed by atoms with Crippen LogP contribution in [0.3, 0.4) is 0 Å². The second-order valence-electron chi connectivity index (χ2n) is 27.6. The molecule has 0 saturated heterocycles. The summed E-state index contributed by atoms with van der Waals surface area (Å²) in [5, 5.41) is 75.0. The van der Waals surface area contributed by atoms with Gasteiger partial charge in [0.2, 0.25) is 53.5 Å². The molecular weight excluding hydrogens is 1670 g/mol. The van der Waals surface area contributed by atoms with E-state index in [0.29, 0.717) is 44.4 Å². The summed E-state index contributed by atoms with van der Waals surface area (Å²) < 4.78 is 0. The molecule has 2 aromatic rings. The van der Waals surface area contributed by atoms with Crippen LogP contribution in [-0.2, 0) is 62.3 Å². The molecule has 0 bridgehead atoms. The van der Waals surface area contributed by atoms with Gasteiger partial charge in [-0.25, -0.2) is 31.5 Å². The number of anilines is 3. The smallest absolute Gasteiger partial charge is 0.338 e. The van der Waals surface area contributed by atoms with Crippen molar-refractivity contribution < 1.29 is 103 Å². The lowest BCUT2D eigenvalue weighted by atomic mass is 10.1. The van der Waals surface area contributed by atoms with Crippen LogP contribution in [0.1, 0.15) is 208 Å². The number of hydrazine groups is 1. The molecule has 0 radical (unpaired) electrons. The highest BCUT2D eigenvalue weighted by Gasteiger charge is 2.15. The van der Waals surface area contributed by atoms with E-state index in [1.807, 2.05) is 128 Å². The van der Waals surface area contributed by atoms with Crippen LogP contribution in [-0.4, -0.2) is 207 Å². The lowest BCUT2D eigenvalue weighted by Gasteiger charge is -2.10. The average molecular weight is 1820 g/mol. The quantitative estimate of drug-likeness (QED) is 0.00498. The number of benzene rings is 2. The Morgan fingerprint density at radius 2 is 0.863 bits per heavy atom. The molecule has 22 N–H and O–H groups in total. The Balaban J connectivity index is -0.000000102. The Bertz CT molecular complexity index is 2800. The second-order valence-corrected chi connectivity index (χ2v) is 32.4. The topological polar surface area (TPSA) is 577 Å². The summed E-state index contributed by atoms with van der Waals surface area (Å²) in [4.78, 5) is 156. The minimum Gasteiger partial charge on any atom is -0.506 e. The monoisotopic (exact) mass is 1810 g/mol. The Kier molecular flexibility index (Phi) is 103. The molecule has 2 aromatic carbocycles. The molecule has 0 spiro atoms. The van der Waals surface area contributed by atoms with Crippen molar-refractivity contribution in [2.45, 2.75) is 261 Å². The largest absolute Gasteiger partial charge is 0.506 e. The number of nitrogens with one attached hydrogen (secondary N) is 12. The molecule has 0 aliphatic rings. The molecule has 41 heteroatoms. The number of ketones is 1. The molecule has 117 heavy (non-hydrogen) atoms. The van der Waals surface area contributed by atoms with Crippen LogP contribution in [0.15, 0.2) is 48.5 Å². The highest BCUT2D eigenvalue weighted by atomic mass is 79.9. The van der Waals surface area contributed by atoms with E-state index in [-0.39, 0.29) is 153 Å². The minimum atomic E-state index is -0.741. The number of phenolic OH excluding ortho intramolecular Hbond substituents is 1. The van der Waals surface area contributed by atoms with Crippen LogP contribution in [0.25, 0.3) is 0 Å². The van der Waals surface area contributed by atoms with Crippen molar-refractivity contribution in [2.24, 2.45) is 35.4 Å². The number of nitrogens with two attached hydrogens (primary N) is 2. The molecule has 684 valence electrons. The maximum absolute atomic E-state index is 11.3. The van der Waals surface area contributed by atoms with Crippen LogP contribution in [0, 0.1) is 29.6 Å². The third-order valence-corrected chi connectivity index (χ3v) is 12.7. The first-order valence-electron chi connectivity index (χ1n) is 37.0. The van der Waals surface area contributed by atoms with Crippen LogP contribution in [0.5, 0.6) is 5.75 Å². The van der Waals surface area contributed by atoms with Gasteiger partial charge in [-0.1, -0.05) is 161 Å². The zero-order valence-electron chi connectivity index (χ0n) is 74.6. The fraction of sp³-hybridized carbons (Fsp3) is 0.645. The maximum atomic E-state index is 11.3. The number of alkyl halides is 1. The number of hydrogen-bond acceptors (Lipinski definition) is 26. The number of aliphatic hydroxyl groups is 1. The number of nitrogens with zero attached hydrogens (tertiary/aromatic N) is 1. The number of amides is 13. The van der Waals surface area contributed by atoms with Crippen LogP contribution < -0.4 is 75.8 Å². The summed E-state index contributed by atoms with van der Waals surface area (Å²) in [6.45, 7) is 53.9. The van der Waals surface area contributed by atoms with E-state index in [1.54, 1.807) is 120 Å². The van der Waals surface area contributed by atoms with E-state index >= 15 is 0 Å². The zero-order chi connectivity index (χ0) is 95.1. The van der Waals surface area contributed by atoms with Crippen LogP contribution in [0.2, 0.25) is 0 Å². The van der Waals surface area contributed by atoms with Gasteiger partial charge < -0.3 is 68.9 Å². The second kappa shape index (κ2) is 88.8. The molecule has 0 unspecified atom stereocenters. The lowest BCUT2D eigenvalue weighted by molar-refractivity contribution is -0.156. The number of hydrogen-bond donors (Lipinski definition) is 22. The number of rotatable bonds is 22. The number of hydroxylamine groups is 4. The van der Waals surface area contributed by atoms with Crippen molar-refractivity contribution in [3.05, 3.63) is 48.5 Å². The number of carbonyl (C=O) groups is 15. The van der Waals surface area contributed by atoms with Gasteiger partial charge in [0, 0.05) is 86.1 Å². The minimum absolute atomic E-state index is 0.0108. The molecular formula is C76H148BrN15O21S4. The third kappa shape index (κ3) is 124. The van der Waals surface area contributed by atoms with Crippen molar-refractivity contribution in [3.63, 3.8) is 0 Å². The number of phenols is 1. The molecule has 36 nitrogen and oxygen atoms in total. The van der Waals surface area contributed by atoms with Crippen LogP contribution >= 0.6 is 64.7 Å². The van der Waals surface area contributed by atoms with Crippen molar-refractivity contribution in [1.29, 1.82) is 0 Å². The van der Waals surface area contributed by atoms with Crippen LogP contribution in [0.4, 0.5) is 26.7 Å². The Morgan fingerprint density at radius 1 is 0.513 bits per heavy atom. The number of aliphatic carboxylic acids is 1. The number of carboxylic acids is 1. The number of Topliss-reactive ketones (excluding diaryl/α,β-unsaturated/α-hetero) is 1. The summed E-state index contributed by atoms with van der Waals surface area (Å²) >= 11 is 13.2. The van der Waals surface area contributed by atoms with Gasteiger partial charge in [0.05, 0.1) is 45.9 Å². The average Bonchev–Trinajstić information content (AvgIpc) is 0.896. The first-order valence-corrected chi connectivity index (χ1v) is 41.2. The van der Waals surface area contributed by atoms with Gasteiger partial charge in [-0.3, -0.25) is 83.4 Å². The summed E-state index contributed by atoms with van der Waals surface area (Å²) in [5.74, 6) is 2.23. The molecule has 0 saturated carbocycles. The van der Waals surface area contributed by atoms with Crippen molar-refractivity contribution in [3.8, 4) is 5.75 Å². The predicted octanol–water partition coefficient (Wildman–Crippen LogP) is 9.22. The molecule has 0 aliphatic heterocycles. The van der Waals surface area contributed by atoms with Gasteiger partial charge in [0.25, 0.3) is 5.91 Å². The standard InChI is InChI=1S/C10H14N2O.C10H13NO2.C7H13NO2S.C6H11NO2.C5H10BrNO.C5H11NO2.C5H11NOS.C5H10OS.C4H11N3O.C4H10N2O2.2C4H9NO2.C4H8O2.C3H8S/c1-7(2)10(13)12-9-6-4-3-5-8(9)11;1-7(2)10(13)11-8-5-3-4-6-9(8)12;1-5(2)8-7(10)4-11-6(3)9;1-4(2)5(8)6(9)7-3;1-4(2)7-5(8)3-6;1-4(2)6-5(8)3-7;1-4(2)6-5(7)3-8;1-4(2)7-5(3)6;1-3(2)6-4(8)7-5;1-3(2)5-4(7)6-8;1-4(2)5(7)3-6;1-3(2)4(6)5-7;1-3(2)4(5)6;1-3(2)4/h3-7H,11H2,1-2H3,(H,12,13);3-7,12H,1-2H3,(H,11,13);5H,4H2,1-3H3,(H,8,10);4H,1-3H3,(H,7,9);4H,3H2,1-2H3,(H,7,8);4,7H,3H2,1-2H3,(H,6,8);4,8H,3H2,1-2H3,(H,6,7);4H,1-3H3;3H,5H2,1-2H3,(H2,6,7,8);3,8H,1-2H3,(H2,5,6,7);3-4,7H,1-2H3;3,7H,1-2H3,(H,5,6);3H,1-2H3,(H,5,6);3-4H,1-2H3. The Labute approximate surface area is 723 Å². The SMILES string of the molecule is CC(=O)SC(C)C.CC(=O)SCC(=O)NC(C)C.CC(C)C(=O)NO.CC(C)C(=O)Nc1ccccc1N.CC(C)C(=O)Nc1ccccc1O.CC(C)C(=O)O.CC(C)N(O)C=O.CC(C)NC(=O)CBr.CC(C)NC(=O)CO.CC(C)NC(=O)CS.CC(C)NC(=O)NN.CC(C)NC(=O)NO.CC(C)S.CNC(=O)C(=O)C(C)C. The molecule has 0 aromatic heterocycles. The molecule has 0 fully saturated rings. The number of carboxylic acid groups (broad SMARTS) is 1. The first kappa shape index (κ1) is 135. The van der Waals surface area contributed by atoms with E-state index < -0.39 is 24.5 Å².